The molecule has 3 aromatic rings. The largest absolute Gasteiger partial charge is 0.483 e. The van der Waals surface area contributed by atoms with Crippen molar-refractivity contribution in [2.75, 3.05) is 13.2 Å². The first kappa shape index (κ1) is 21.8. The normalized spacial score (nSPS) is 11.7. The van der Waals surface area contributed by atoms with E-state index in [0.29, 0.717) is 18.8 Å². The summed E-state index contributed by atoms with van der Waals surface area (Å²) < 4.78 is 6.84. The zero-order chi connectivity index (χ0) is 21.5. The molecule has 3 aromatic carbocycles. The molecular weight excluding hydrogens is 444 g/mol. The Morgan fingerprint density at radius 1 is 1.03 bits per heavy atom. The second-order valence-corrected chi connectivity index (χ2v) is 7.90. The lowest BCUT2D eigenvalue weighted by Gasteiger charge is -2.28. The SMILES string of the molecule is CCNC(=O)[C@@H](C)N(Cc1ccc(Br)cc1)C(=O)COc1cccc2ccccc12. The Hall–Kier alpha value is -2.86. The number of rotatable bonds is 8. The molecule has 3 rings (SSSR count). The second kappa shape index (κ2) is 10.3. The highest BCUT2D eigenvalue weighted by atomic mass is 79.9. The van der Waals surface area contributed by atoms with E-state index in [1.165, 1.54) is 0 Å². The Labute approximate surface area is 185 Å². The number of halogens is 1. The van der Waals surface area contributed by atoms with Crippen LogP contribution in [-0.4, -0.2) is 35.9 Å². The van der Waals surface area contributed by atoms with Crippen molar-refractivity contribution in [2.45, 2.75) is 26.4 Å². The van der Waals surface area contributed by atoms with Crippen LogP contribution < -0.4 is 10.1 Å². The van der Waals surface area contributed by atoms with E-state index in [2.05, 4.69) is 21.2 Å². The van der Waals surface area contributed by atoms with Crippen molar-refractivity contribution in [1.29, 1.82) is 0 Å². The van der Waals surface area contributed by atoms with E-state index in [4.69, 9.17) is 4.74 Å². The molecule has 0 fully saturated rings. The minimum absolute atomic E-state index is 0.145. The van der Waals surface area contributed by atoms with Gasteiger partial charge in [-0.05, 0) is 43.0 Å². The third-order valence-corrected chi connectivity index (χ3v) is 5.41. The van der Waals surface area contributed by atoms with Crippen molar-refractivity contribution in [2.24, 2.45) is 0 Å². The van der Waals surface area contributed by atoms with Gasteiger partial charge in [-0.15, -0.1) is 0 Å². The van der Waals surface area contributed by atoms with Crippen LogP contribution in [0.4, 0.5) is 0 Å². The number of amides is 2. The molecule has 0 aromatic heterocycles. The van der Waals surface area contributed by atoms with Crippen LogP contribution in [0.25, 0.3) is 10.8 Å². The Morgan fingerprint density at radius 2 is 1.73 bits per heavy atom. The number of carbonyl (C=O) groups excluding carboxylic acids is 2. The molecular formula is C24H25BrN2O3. The minimum atomic E-state index is -0.614. The summed E-state index contributed by atoms with van der Waals surface area (Å²) in [6.45, 7) is 4.28. The van der Waals surface area contributed by atoms with Gasteiger partial charge in [-0.2, -0.15) is 0 Å². The summed E-state index contributed by atoms with van der Waals surface area (Å²) in [5.74, 6) is 0.216. The molecule has 0 saturated heterocycles. The van der Waals surface area contributed by atoms with Gasteiger partial charge in [0.25, 0.3) is 5.91 Å². The molecule has 0 saturated carbocycles. The Balaban J connectivity index is 1.78. The number of nitrogens with zero attached hydrogens (tertiary/aromatic N) is 1. The topological polar surface area (TPSA) is 58.6 Å². The van der Waals surface area contributed by atoms with E-state index in [9.17, 15) is 9.59 Å². The molecule has 0 heterocycles. The average molecular weight is 469 g/mol. The van der Waals surface area contributed by atoms with Gasteiger partial charge in [0.2, 0.25) is 5.91 Å². The first-order valence-corrected chi connectivity index (χ1v) is 10.7. The highest BCUT2D eigenvalue weighted by Gasteiger charge is 2.26. The number of benzene rings is 3. The van der Waals surface area contributed by atoms with Gasteiger partial charge in [0.1, 0.15) is 11.8 Å². The highest BCUT2D eigenvalue weighted by Crippen LogP contribution is 2.25. The molecule has 0 bridgehead atoms. The second-order valence-electron chi connectivity index (χ2n) is 6.98. The maximum atomic E-state index is 13.1. The average Bonchev–Trinajstić information content (AvgIpc) is 2.76. The predicted molar refractivity (Wildman–Crippen MR) is 122 cm³/mol. The van der Waals surface area contributed by atoms with Gasteiger partial charge in [0.15, 0.2) is 6.61 Å². The number of likely N-dealkylation sites (N-methyl/N-ethyl adjacent to an activating group) is 1. The van der Waals surface area contributed by atoms with E-state index in [0.717, 1.165) is 20.8 Å². The van der Waals surface area contributed by atoms with Gasteiger partial charge in [-0.25, -0.2) is 0 Å². The van der Waals surface area contributed by atoms with E-state index in [1.54, 1.807) is 11.8 Å². The van der Waals surface area contributed by atoms with Crippen molar-refractivity contribution in [3.63, 3.8) is 0 Å². The van der Waals surface area contributed by atoms with Crippen LogP contribution in [0.5, 0.6) is 5.75 Å². The van der Waals surface area contributed by atoms with Gasteiger partial charge in [-0.1, -0.05) is 64.5 Å². The maximum absolute atomic E-state index is 13.1. The number of ether oxygens (including phenoxy) is 1. The summed E-state index contributed by atoms with van der Waals surface area (Å²) in [4.78, 5) is 27.1. The van der Waals surface area contributed by atoms with Crippen LogP contribution in [-0.2, 0) is 16.1 Å². The number of fused-ring (bicyclic) bond motifs is 1. The van der Waals surface area contributed by atoms with Gasteiger partial charge in [0, 0.05) is 22.9 Å². The third kappa shape index (κ3) is 5.39. The fourth-order valence-corrected chi connectivity index (χ4v) is 3.50. The van der Waals surface area contributed by atoms with Gasteiger partial charge in [-0.3, -0.25) is 9.59 Å². The first-order chi connectivity index (χ1) is 14.5. The molecule has 1 N–H and O–H groups in total. The van der Waals surface area contributed by atoms with E-state index in [-0.39, 0.29) is 18.4 Å². The van der Waals surface area contributed by atoms with Crippen LogP contribution >= 0.6 is 15.9 Å². The summed E-state index contributed by atoms with van der Waals surface area (Å²) in [7, 11) is 0. The zero-order valence-corrected chi connectivity index (χ0v) is 18.7. The summed E-state index contributed by atoms with van der Waals surface area (Å²) in [5.41, 5.74) is 0.938. The van der Waals surface area contributed by atoms with Crippen LogP contribution in [0.15, 0.2) is 71.2 Å². The van der Waals surface area contributed by atoms with Crippen LogP contribution in [0, 0.1) is 0 Å². The molecule has 5 nitrogen and oxygen atoms in total. The van der Waals surface area contributed by atoms with Gasteiger partial charge < -0.3 is 15.0 Å². The smallest absolute Gasteiger partial charge is 0.261 e. The number of carbonyl (C=O) groups is 2. The van der Waals surface area contributed by atoms with Crippen LogP contribution in [0.1, 0.15) is 19.4 Å². The number of nitrogens with one attached hydrogen (secondary N) is 1. The molecule has 6 heteroatoms. The first-order valence-electron chi connectivity index (χ1n) is 9.91. The predicted octanol–water partition coefficient (Wildman–Crippen LogP) is 4.53. The van der Waals surface area contributed by atoms with E-state index < -0.39 is 6.04 Å². The summed E-state index contributed by atoms with van der Waals surface area (Å²) in [5, 5.41) is 4.79. The van der Waals surface area contributed by atoms with Crippen molar-refractivity contribution >= 4 is 38.5 Å². The zero-order valence-electron chi connectivity index (χ0n) is 17.1. The quantitative estimate of drug-likeness (QED) is 0.527. The summed E-state index contributed by atoms with van der Waals surface area (Å²) in [6.07, 6.45) is 0. The monoisotopic (exact) mass is 468 g/mol. The summed E-state index contributed by atoms with van der Waals surface area (Å²) in [6, 6.07) is 20.7. The van der Waals surface area contributed by atoms with Crippen LogP contribution in [0.3, 0.4) is 0 Å². The van der Waals surface area contributed by atoms with E-state index in [1.807, 2.05) is 73.7 Å². The van der Waals surface area contributed by atoms with Gasteiger partial charge in [0.05, 0.1) is 0 Å². The number of hydrogen-bond acceptors (Lipinski definition) is 3. The minimum Gasteiger partial charge on any atom is -0.483 e. The highest BCUT2D eigenvalue weighted by molar-refractivity contribution is 9.10. The Kier molecular flexibility index (Phi) is 7.46. The lowest BCUT2D eigenvalue weighted by Crippen LogP contribution is -2.49. The van der Waals surface area contributed by atoms with Crippen molar-refractivity contribution < 1.29 is 14.3 Å². The lowest BCUT2D eigenvalue weighted by atomic mass is 10.1. The maximum Gasteiger partial charge on any atom is 0.261 e. The molecule has 2 amide bonds. The van der Waals surface area contributed by atoms with Crippen LogP contribution in [0.2, 0.25) is 0 Å². The fraction of sp³-hybridized carbons (Fsp3) is 0.250. The standard InChI is InChI=1S/C24H25BrN2O3/c1-3-26-24(29)17(2)27(15-18-11-13-20(25)14-12-18)23(28)16-30-22-10-6-8-19-7-4-5-9-21(19)22/h4-14,17H,3,15-16H2,1-2H3,(H,26,29)/t17-/m1/s1. The molecule has 1 atom stereocenters. The van der Waals surface area contributed by atoms with Gasteiger partial charge >= 0.3 is 0 Å². The molecule has 0 spiro atoms. The van der Waals surface area contributed by atoms with Crippen molar-refractivity contribution in [3.8, 4) is 5.75 Å². The lowest BCUT2D eigenvalue weighted by molar-refractivity contribution is -0.142. The van der Waals surface area contributed by atoms with Crippen molar-refractivity contribution in [1.82, 2.24) is 10.2 Å². The fourth-order valence-electron chi connectivity index (χ4n) is 3.24. The molecule has 0 aliphatic rings. The molecule has 30 heavy (non-hydrogen) atoms. The molecule has 0 unspecified atom stereocenters. The molecule has 0 aliphatic carbocycles. The molecule has 0 radical (unpaired) electrons. The number of hydrogen-bond donors (Lipinski definition) is 1. The summed E-state index contributed by atoms with van der Waals surface area (Å²) >= 11 is 3.42. The van der Waals surface area contributed by atoms with E-state index >= 15 is 0 Å². The third-order valence-electron chi connectivity index (χ3n) is 4.89. The molecule has 156 valence electrons. The molecule has 0 aliphatic heterocycles. The Bertz CT molecular complexity index is 1020. The van der Waals surface area contributed by atoms with Crippen molar-refractivity contribution in [3.05, 3.63) is 76.8 Å². The Morgan fingerprint density at radius 3 is 2.47 bits per heavy atom.